The molecule has 0 saturated carbocycles. The fourth-order valence-electron chi connectivity index (χ4n) is 2.68. The minimum atomic E-state index is -1.55. The van der Waals surface area contributed by atoms with Gasteiger partial charge in [0.05, 0.1) is 5.56 Å². The summed E-state index contributed by atoms with van der Waals surface area (Å²) in [6, 6.07) is 7.02. The first-order chi connectivity index (χ1) is 12.0. The van der Waals surface area contributed by atoms with Crippen LogP contribution in [0.2, 0.25) is 0 Å². The van der Waals surface area contributed by atoms with Crippen LogP contribution < -0.4 is 16.1 Å². The standard InChI is InChI=1S/C16H18BN5O3/c1-9-21-13-11(16(23)18-2)8-19-14(13)15(22-9)20-7-10-5-3-4-6-12(10)17(24)25/h3-6,8,19,24-25H,7H2,1-2H3,(H,18,23)(H,20,21,22). The van der Waals surface area contributed by atoms with Crippen LogP contribution in [-0.4, -0.2) is 45.1 Å². The number of aryl methyl sites for hydroxylation is 1. The van der Waals surface area contributed by atoms with Gasteiger partial charge in [0.2, 0.25) is 0 Å². The van der Waals surface area contributed by atoms with Gasteiger partial charge in [0.25, 0.3) is 5.91 Å². The van der Waals surface area contributed by atoms with Gasteiger partial charge >= 0.3 is 7.12 Å². The van der Waals surface area contributed by atoms with Gasteiger partial charge in [-0.25, -0.2) is 9.97 Å². The van der Waals surface area contributed by atoms with E-state index in [-0.39, 0.29) is 5.91 Å². The Morgan fingerprint density at radius 3 is 2.76 bits per heavy atom. The van der Waals surface area contributed by atoms with Gasteiger partial charge in [0.15, 0.2) is 5.82 Å². The number of anilines is 1. The number of aromatic nitrogens is 3. The molecular formula is C16H18BN5O3. The van der Waals surface area contributed by atoms with Crippen LogP contribution in [-0.2, 0) is 6.54 Å². The van der Waals surface area contributed by atoms with E-state index in [0.29, 0.717) is 40.2 Å². The summed E-state index contributed by atoms with van der Waals surface area (Å²) < 4.78 is 0. The van der Waals surface area contributed by atoms with Crippen molar-refractivity contribution in [3.05, 3.63) is 47.4 Å². The number of benzene rings is 1. The van der Waals surface area contributed by atoms with Crippen molar-refractivity contribution < 1.29 is 14.8 Å². The van der Waals surface area contributed by atoms with E-state index < -0.39 is 7.12 Å². The topological polar surface area (TPSA) is 123 Å². The summed E-state index contributed by atoms with van der Waals surface area (Å²) in [7, 11) is 0.0152. The Morgan fingerprint density at radius 1 is 1.28 bits per heavy atom. The first-order valence-corrected chi connectivity index (χ1v) is 7.77. The van der Waals surface area contributed by atoms with Crippen molar-refractivity contribution in [1.29, 1.82) is 0 Å². The van der Waals surface area contributed by atoms with Crippen LogP contribution in [0.1, 0.15) is 21.7 Å². The molecule has 0 radical (unpaired) electrons. The van der Waals surface area contributed by atoms with Crippen molar-refractivity contribution in [2.75, 3.05) is 12.4 Å². The molecule has 0 bridgehead atoms. The highest BCUT2D eigenvalue weighted by Crippen LogP contribution is 2.23. The largest absolute Gasteiger partial charge is 0.488 e. The SMILES string of the molecule is CNC(=O)c1c[nH]c2c(NCc3ccccc3B(O)O)nc(C)nc12. The average Bonchev–Trinajstić information content (AvgIpc) is 3.02. The minimum absolute atomic E-state index is 0.232. The van der Waals surface area contributed by atoms with Gasteiger partial charge in [-0.3, -0.25) is 4.79 Å². The van der Waals surface area contributed by atoms with Gasteiger partial charge in [0.1, 0.15) is 16.9 Å². The molecule has 3 rings (SSSR count). The van der Waals surface area contributed by atoms with E-state index >= 15 is 0 Å². The van der Waals surface area contributed by atoms with Gasteiger partial charge in [-0.15, -0.1) is 0 Å². The number of carbonyl (C=O) groups excluding carboxylic acids is 1. The molecule has 0 aliphatic heterocycles. The minimum Gasteiger partial charge on any atom is -0.423 e. The van der Waals surface area contributed by atoms with Crippen molar-refractivity contribution in [2.24, 2.45) is 0 Å². The normalized spacial score (nSPS) is 10.7. The Morgan fingerprint density at radius 2 is 2.04 bits per heavy atom. The maximum absolute atomic E-state index is 11.9. The van der Waals surface area contributed by atoms with Crippen LogP contribution in [0.25, 0.3) is 11.0 Å². The number of hydrogen-bond acceptors (Lipinski definition) is 6. The molecule has 0 saturated heterocycles. The molecule has 9 heteroatoms. The zero-order valence-corrected chi connectivity index (χ0v) is 13.9. The molecule has 8 nitrogen and oxygen atoms in total. The summed E-state index contributed by atoms with van der Waals surface area (Å²) in [5.41, 5.74) is 2.75. The number of fused-ring (bicyclic) bond motifs is 1. The maximum Gasteiger partial charge on any atom is 0.488 e. The molecule has 0 aliphatic carbocycles. The van der Waals surface area contributed by atoms with E-state index in [1.54, 1.807) is 38.4 Å². The van der Waals surface area contributed by atoms with Gasteiger partial charge in [-0.2, -0.15) is 0 Å². The number of rotatable bonds is 5. The smallest absolute Gasteiger partial charge is 0.423 e. The number of nitrogens with one attached hydrogen (secondary N) is 3. The Hall–Kier alpha value is -2.91. The second-order valence-corrected chi connectivity index (χ2v) is 5.55. The number of hydrogen-bond donors (Lipinski definition) is 5. The first kappa shape index (κ1) is 16.9. The molecule has 25 heavy (non-hydrogen) atoms. The van der Waals surface area contributed by atoms with Gasteiger partial charge in [-0.1, -0.05) is 24.3 Å². The molecule has 0 unspecified atom stereocenters. The fourth-order valence-corrected chi connectivity index (χ4v) is 2.68. The summed E-state index contributed by atoms with van der Waals surface area (Å²) in [6.45, 7) is 2.09. The lowest BCUT2D eigenvalue weighted by atomic mass is 9.77. The first-order valence-electron chi connectivity index (χ1n) is 7.77. The monoisotopic (exact) mass is 339 g/mol. The van der Waals surface area contributed by atoms with E-state index in [1.807, 2.05) is 6.07 Å². The lowest BCUT2D eigenvalue weighted by Gasteiger charge is -2.11. The number of aromatic amines is 1. The van der Waals surface area contributed by atoms with Gasteiger partial charge in [-0.05, 0) is 17.9 Å². The second kappa shape index (κ2) is 6.92. The van der Waals surface area contributed by atoms with Crippen LogP contribution in [0.4, 0.5) is 5.82 Å². The van der Waals surface area contributed by atoms with E-state index in [2.05, 4.69) is 25.6 Å². The Balaban J connectivity index is 1.95. The third kappa shape index (κ3) is 3.33. The van der Waals surface area contributed by atoms with Crippen molar-refractivity contribution in [3.8, 4) is 0 Å². The summed E-state index contributed by atoms with van der Waals surface area (Å²) in [5.74, 6) is 0.833. The van der Waals surface area contributed by atoms with E-state index in [0.717, 1.165) is 5.56 Å². The molecule has 0 aliphatic rings. The lowest BCUT2D eigenvalue weighted by molar-refractivity contribution is 0.0964. The zero-order valence-electron chi connectivity index (χ0n) is 13.9. The Labute approximate surface area is 144 Å². The number of amides is 1. The van der Waals surface area contributed by atoms with Crippen LogP contribution in [0.15, 0.2) is 30.5 Å². The quantitative estimate of drug-likeness (QED) is 0.414. The van der Waals surface area contributed by atoms with Crippen molar-refractivity contribution in [1.82, 2.24) is 20.3 Å². The summed E-state index contributed by atoms with van der Waals surface area (Å²) in [5, 5.41) is 24.7. The highest BCUT2D eigenvalue weighted by molar-refractivity contribution is 6.59. The molecule has 0 spiro atoms. The second-order valence-electron chi connectivity index (χ2n) is 5.55. The van der Waals surface area contributed by atoms with Crippen LogP contribution in [0.3, 0.4) is 0 Å². The molecule has 128 valence electrons. The molecule has 5 N–H and O–H groups in total. The van der Waals surface area contributed by atoms with E-state index in [1.165, 1.54) is 0 Å². The number of nitrogens with zero attached hydrogens (tertiary/aromatic N) is 2. The predicted molar refractivity (Wildman–Crippen MR) is 95.6 cm³/mol. The van der Waals surface area contributed by atoms with E-state index in [4.69, 9.17) is 0 Å². The van der Waals surface area contributed by atoms with Crippen molar-refractivity contribution in [2.45, 2.75) is 13.5 Å². The molecule has 3 aromatic rings. The van der Waals surface area contributed by atoms with Crippen LogP contribution in [0.5, 0.6) is 0 Å². The van der Waals surface area contributed by atoms with Crippen LogP contribution >= 0.6 is 0 Å². The molecule has 0 atom stereocenters. The maximum atomic E-state index is 11.9. The Bertz CT molecular complexity index is 925. The third-order valence-corrected chi connectivity index (χ3v) is 3.89. The van der Waals surface area contributed by atoms with Gasteiger partial charge < -0.3 is 25.7 Å². The number of H-pyrrole nitrogens is 1. The number of carbonyl (C=O) groups is 1. The molecular weight excluding hydrogens is 321 g/mol. The molecule has 2 aromatic heterocycles. The van der Waals surface area contributed by atoms with E-state index in [9.17, 15) is 14.8 Å². The average molecular weight is 339 g/mol. The predicted octanol–water partition coefficient (Wildman–Crippen LogP) is -0.0822. The molecule has 1 aromatic carbocycles. The highest BCUT2D eigenvalue weighted by Gasteiger charge is 2.18. The molecule has 2 heterocycles. The zero-order chi connectivity index (χ0) is 18.0. The lowest BCUT2D eigenvalue weighted by Crippen LogP contribution is -2.33. The highest BCUT2D eigenvalue weighted by atomic mass is 16.4. The summed E-state index contributed by atoms with van der Waals surface area (Å²) in [4.78, 5) is 23.7. The third-order valence-electron chi connectivity index (χ3n) is 3.89. The Kier molecular flexibility index (Phi) is 4.69. The summed E-state index contributed by atoms with van der Waals surface area (Å²) in [6.07, 6.45) is 1.59. The van der Waals surface area contributed by atoms with Crippen molar-refractivity contribution in [3.63, 3.8) is 0 Å². The molecule has 0 fully saturated rings. The molecule has 1 amide bonds. The van der Waals surface area contributed by atoms with Crippen LogP contribution in [0, 0.1) is 6.92 Å². The summed E-state index contributed by atoms with van der Waals surface area (Å²) >= 11 is 0. The fraction of sp³-hybridized carbons (Fsp3) is 0.188. The van der Waals surface area contributed by atoms with Crippen molar-refractivity contribution >= 4 is 35.3 Å². The van der Waals surface area contributed by atoms with Gasteiger partial charge in [0, 0.05) is 19.8 Å².